The molecule has 5 aromatic carbocycles. The Balaban J connectivity index is 0.000000223. The van der Waals surface area contributed by atoms with Gasteiger partial charge in [0.1, 0.15) is 0 Å². The summed E-state index contributed by atoms with van der Waals surface area (Å²) in [5.74, 6) is 0. The van der Waals surface area contributed by atoms with E-state index in [-0.39, 0.29) is 20.1 Å². The van der Waals surface area contributed by atoms with Gasteiger partial charge >= 0.3 is 0 Å². The molecule has 0 saturated heterocycles. The Kier molecular flexibility index (Phi) is 10.6. The summed E-state index contributed by atoms with van der Waals surface area (Å²) in [4.78, 5) is 13.8. The number of rotatable bonds is 5. The van der Waals surface area contributed by atoms with Gasteiger partial charge in [0.15, 0.2) is 0 Å². The van der Waals surface area contributed by atoms with Crippen molar-refractivity contribution in [2.24, 2.45) is 0 Å². The second kappa shape index (κ2) is 15.7. The molecule has 0 bridgehead atoms. The van der Waals surface area contributed by atoms with Crippen LogP contribution in [0.15, 0.2) is 138 Å². The largest absolute Gasteiger partial charge is 0.506 e. The molecule has 0 unspecified atom stereocenters. The maximum absolute atomic E-state index is 5.72. The Hall–Kier alpha value is -5.74. The predicted octanol–water partition coefficient (Wildman–Crippen LogP) is 12.3. The molecule has 4 nitrogen and oxygen atoms in total. The fourth-order valence-electron chi connectivity index (χ4n) is 6.70. The molecule has 9 aromatic rings. The van der Waals surface area contributed by atoms with E-state index in [0.29, 0.717) is 0 Å². The van der Waals surface area contributed by atoms with Gasteiger partial charge in [-0.05, 0) is 89.2 Å². The summed E-state index contributed by atoms with van der Waals surface area (Å²) < 4.78 is 5.72. The second-order valence-corrected chi connectivity index (χ2v) is 13.9. The summed E-state index contributed by atoms with van der Waals surface area (Å²) in [5.41, 5.74) is 16.6. The van der Waals surface area contributed by atoms with E-state index < -0.39 is 0 Å². The first-order valence-corrected chi connectivity index (χ1v) is 17.9. The predicted molar refractivity (Wildman–Crippen MR) is 218 cm³/mol. The number of benzene rings is 5. The quantitative estimate of drug-likeness (QED) is 0.162. The van der Waals surface area contributed by atoms with Crippen LogP contribution >= 0.6 is 0 Å². The first-order chi connectivity index (χ1) is 25.8. The maximum Gasteiger partial charge on any atom is 0.0847 e. The topological polar surface area (TPSA) is 51.8 Å². The van der Waals surface area contributed by atoms with Gasteiger partial charge in [-0.1, -0.05) is 121 Å². The minimum Gasteiger partial charge on any atom is -0.506 e. The fraction of sp³-hybridized carbons (Fsp3) is 0.122. The molecule has 54 heavy (non-hydrogen) atoms. The van der Waals surface area contributed by atoms with Crippen LogP contribution in [-0.2, 0) is 26.5 Å². The molecule has 5 heteroatoms. The third-order valence-electron chi connectivity index (χ3n) is 10.0. The first kappa shape index (κ1) is 36.6. The number of aromatic nitrogens is 3. The standard InChI is InChI=1S/C34H23N2O.C15H16N.Ir/c1-22-15-31-30(20-29-12-14-37-34(29)33(31)36-21-22)32-18-24(11-13-35-32)16-23-7-8-28-19-27(10-9-26(28)17-23)25-5-3-2-4-6-25;1-10-5-6-14(7-11(10)2)15-8-12(3)13(4)9-16-15;/h2-15,17-19,21H,16H2,1H3;5,7-9H,1-4H3;/q2*-1;. The van der Waals surface area contributed by atoms with Gasteiger partial charge in [-0.15, -0.1) is 41.0 Å². The Morgan fingerprint density at radius 2 is 1.39 bits per heavy atom. The Morgan fingerprint density at radius 1 is 0.611 bits per heavy atom. The van der Waals surface area contributed by atoms with Gasteiger partial charge in [-0.25, -0.2) is 0 Å². The van der Waals surface area contributed by atoms with E-state index in [1.54, 1.807) is 6.26 Å². The Morgan fingerprint density at radius 3 is 2.20 bits per heavy atom. The minimum absolute atomic E-state index is 0. The summed E-state index contributed by atoms with van der Waals surface area (Å²) in [7, 11) is 0. The van der Waals surface area contributed by atoms with Gasteiger partial charge in [0.2, 0.25) is 0 Å². The average Bonchev–Trinajstić information content (AvgIpc) is 3.66. The Labute approximate surface area is 330 Å². The van der Waals surface area contributed by atoms with Crippen LogP contribution in [0.25, 0.3) is 66.3 Å². The summed E-state index contributed by atoms with van der Waals surface area (Å²) in [6, 6.07) is 45.4. The molecule has 4 heterocycles. The number of hydrogen-bond donors (Lipinski definition) is 0. The number of nitrogens with zero attached hydrogens (tertiary/aromatic N) is 3. The monoisotopic (exact) mass is 878 g/mol. The smallest absolute Gasteiger partial charge is 0.0847 e. The van der Waals surface area contributed by atoms with Crippen molar-refractivity contribution in [2.45, 2.75) is 41.0 Å². The zero-order valence-corrected chi connectivity index (χ0v) is 33.4. The molecule has 0 fully saturated rings. The van der Waals surface area contributed by atoms with Gasteiger partial charge in [-0.3, -0.25) is 9.97 Å². The van der Waals surface area contributed by atoms with Crippen LogP contribution in [0.5, 0.6) is 0 Å². The van der Waals surface area contributed by atoms with E-state index in [9.17, 15) is 0 Å². The zero-order chi connectivity index (χ0) is 36.5. The van der Waals surface area contributed by atoms with Crippen molar-refractivity contribution in [3.63, 3.8) is 0 Å². The number of aryl methyl sites for hydroxylation is 5. The van der Waals surface area contributed by atoms with Crippen molar-refractivity contribution >= 4 is 32.6 Å². The molecular weight excluding hydrogens is 839 g/mol. The molecule has 1 radical (unpaired) electrons. The molecule has 0 amide bonds. The number of furan rings is 1. The summed E-state index contributed by atoms with van der Waals surface area (Å²) >= 11 is 0. The van der Waals surface area contributed by atoms with Gasteiger partial charge in [0.05, 0.1) is 5.58 Å². The summed E-state index contributed by atoms with van der Waals surface area (Å²) in [5, 5.41) is 4.41. The van der Waals surface area contributed by atoms with E-state index >= 15 is 0 Å². The Bertz CT molecular complexity index is 2720. The van der Waals surface area contributed by atoms with Gasteiger partial charge in [0, 0.05) is 56.2 Å². The van der Waals surface area contributed by atoms with Crippen LogP contribution in [0.4, 0.5) is 0 Å². The van der Waals surface area contributed by atoms with Crippen molar-refractivity contribution < 1.29 is 24.5 Å². The molecular formula is C49H39IrN3O-2. The number of pyridine rings is 3. The van der Waals surface area contributed by atoms with Crippen molar-refractivity contribution in [2.75, 3.05) is 0 Å². The van der Waals surface area contributed by atoms with Crippen molar-refractivity contribution in [3.05, 3.63) is 185 Å². The number of fused-ring (bicyclic) bond motifs is 4. The molecule has 4 aromatic heterocycles. The van der Waals surface area contributed by atoms with Crippen molar-refractivity contribution in [1.29, 1.82) is 0 Å². The SMILES string of the molecule is Cc1c[c-]c(-c2cc(C)c(C)cn2)cc1C.Cc1cnc2c(c1)c(-c1cc(Cc3ccc4cc(-c5ccccc5)ccc4c3)ccn1)[c-]c1ccoc12.[Ir]. The van der Waals surface area contributed by atoms with E-state index in [1.165, 1.54) is 55.3 Å². The van der Waals surface area contributed by atoms with Crippen molar-refractivity contribution in [3.8, 4) is 33.6 Å². The maximum atomic E-state index is 5.72. The average molecular weight is 878 g/mol. The van der Waals surface area contributed by atoms with E-state index in [2.05, 4.69) is 154 Å². The molecule has 267 valence electrons. The van der Waals surface area contributed by atoms with Gasteiger partial charge < -0.3 is 9.40 Å². The van der Waals surface area contributed by atoms with Gasteiger partial charge in [0.25, 0.3) is 0 Å². The second-order valence-electron chi connectivity index (χ2n) is 13.9. The van der Waals surface area contributed by atoms with Crippen LogP contribution in [-0.4, -0.2) is 15.0 Å². The molecule has 9 rings (SSSR count). The van der Waals surface area contributed by atoms with Crippen LogP contribution in [0.1, 0.15) is 38.9 Å². The molecule has 0 aliphatic rings. The molecule has 0 atom stereocenters. The first-order valence-electron chi connectivity index (χ1n) is 17.9. The minimum atomic E-state index is 0. The molecule has 0 saturated carbocycles. The molecule has 0 aliphatic heterocycles. The van der Waals surface area contributed by atoms with E-state index in [4.69, 9.17) is 9.40 Å². The molecule has 0 spiro atoms. The summed E-state index contributed by atoms with van der Waals surface area (Å²) in [6.07, 6.45) is 8.21. The van der Waals surface area contributed by atoms with Crippen LogP contribution in [0.2, 0.25) is 0 Å². The zero-order valence-electron chi connectivity index (χ0n) is 31.0. The fourth-order valence-corrected chi connectivity index (χ4v) is 6.70. The van der Waals surface area contributed by atoms with E-state index in [1.807, 2.05) is 30.7 Å². The van der Waals surface area contributed by atoms with Crippen molar-refractivity contribution in [1.82, 2.24) is 15.0 Å². The van der Waals surface area contributed by atoms with Gasteiger partial charge in [-0.2, -0.15) is 0 Å². The molecule has 0 aliphatic carbocycles. The number of hydrogen-bond acceptors (Lipinski definition) is 4. The van der Waals surface area contributed by atoms with Crippen LogP contribution < -0.4 is 0 Å². The summed E-state index contributed by atoms with van der Waals surface area (Å²) in [6.45, 7) is 10.5. The third-order valence-corrected chi connectivity index (χ3v) is 10.0. The van der Waals surface area contributed by atoms with Crippen LogP contribution in [0.3, 0.4) is 0 Å². The molecule has 0 N–H and O–H groups in total. The van der Waals surface area contributed by atoms with Crippen LogP contribution in [0, 0.1) is 46.8 Å². The van der Waals surface area contributed by atoms with E-state index in [0.717, 1.165) is 56.4 Å². The normalized spacial score (nSPS) is 11.0. The third kappa shape index (κ3) is 7.65.